The lowest BCUT2D eigenvalue weighted by Crippen LogP contribution is -2.49. The van der Waals surface area contributed by atoms with E-state index < -0.39 is 22.9 Å². The number of esters is 1. The summed E-state index contributed by atoms with van der Waals surface area (Å²) in [5.41, 5.74) is -1.26. The molecule has 1 fully saturated rings. The molecule has 1 aliphatic heterocycles. The van der Waals surface area contributed by atoms with Gasteiger partial charge in [-0.25, -0.2) is 4.79 Å². The van der Waals surface area contributed by atoms with Crippen LogP contribution in [0.15, 0.2) is 30.3 Å². The van der Waals surface area contributed by atoms with Gasteiger partial charge in [0.05, 0.1) is 7.11 Å². The Hall–Kier alpha value is -1.10. The molecule has 0 bridgehead atoms. The number of rotatable bonds is 5. The minimum atomic E-state index is -1.32. The van der Waals surface area contributed by atoms with Crippen molar-refractivity contribution in [1.29, 1.82) is 0 Å². The summed E-state index contributed by atoms with van der Waals surface area (Å²) in [6, 6.07) is 9.59. The van der Waals surface area contributed by atoms with Gasteiger partial charge in [-0.05, 0) is 18.4 Å². The van der Waals surface area contributed by atoms with E-state index in [1.54, 1.807) is 0 Å². The summed E-state index contributed by atoms with van der Waals surface area (Å²) < 4.78 is 16.8. The third kappa shape index (κ3) is 2.93. The fourth-order valence-corrected chi connectivity index (χ4v) is 3.01. The maximum Gasteiger partial charge on any atom is 0.342 e. The SMILES string of the molecule is CCC1(CC)O[C@H](Cl)[C@](Cc2ccccc2)(C(=O)OC)O1. The van der Waals surface area contributed by atoms with E-state index in [1.807, 2.05) is 44.2 Å². The Balaban J connectivity index is 2.37. The summed E-state index contributed by atoms with van der Waals surface area (Å²) in [4.78, 5) is 12.4. The molecule has 0 unspecified atom stereocenters. The molecule has 0 N–H and O–H groups in total. The highest BCUT2D eigenvalue weighted by atomic mass is 35.5. The smallest absolute Gasteiger partial charge is 0.342 e. The fourth-order valence-electron chi connectivity index (χ4n) is 2.64. The zero-order valence-electron chi connectivity index (χ0n) is 12.6. The van der Waals surface area contributed by atoms with Crippen LogP contribution in [0.2, 0.25) is 0 Å². The molecule has 0 radical (unpaired) electrons. The molecule has 5 heteroatoms. The van der Waals surface area contributed by atoms with Gasteiger partial charge in [0, 0.05) is 6.42 Å². The largest absolute Gasteiger partial charge is 0.467 e. The quantitative estimate of drug-likeness (QED) is 0.618. The molecule has 21 heavy (non-hydrogen) atoms. The molecule has 0 spiro atoms. The van der Waals surface area contributed by atoms with E-state index in [0.29, 0.717) is 19.3 Å². The van der Waals surface area contributed by atoms with Gasteiger partial charge >= 0.3 is 5.97 Å². The average Bonchev–Trinajstić information content (AvgIpc) is 2.81. The molecule has 2 rings (SSSR count). The summed E-state index contributed by atoms with van der Waals surface area (Å²) in [5, 5.41) is 0. The number of alkyl halides is 1. The van der Waals surface area contributed by atoms with Crippen LogP contribution in [0.25, 0.3) is 0 Å². The van der Waals surface area contributed by atoms with E-state index >= 15 is 0 Å². The number of hydrogen-bond acceptors (Lipinski definition) is 4. The van der Waals surface area contributed by atoms with Crippen molar-refractivity contribution in [2.24, 2.45) is 0 Å². The second-order valence-electron chi connectivity index (χ2n) is 5.20. The van der Waals surface area contributed by atoms with E-state index in [2.05, 4.69) is 0 Å². The minimum Gasteiger partial charge on any atom is -0.467 e. The highest BCUT2D eigenvalue weighted by Gasteiger charge is 2.60. The maximum atomic E-state index is 12.4. The van der Waals surface area contributed by atoms with E-state index in [1.165, 1.54) is 7.11 Å². The molecule has 4 nitrogen and oxygen atoms in total. The standard InChI is InChI=1S/C16H21ClO4/c1-4-15(5-2)20-13(17)16(21-15,14(18)19-3)11-12-9-7-6-8-10-12/h6-10,13H,4-5,11H2,1-3H3/t13-,16+/m0/s1. The Bertz CT molecular complexity index is 486. The molecular formula is C16H21ClO4. The van der Waals surface area contributed by atoms with Crippen LogP contribution in [0.5, 0.6) is 0 Å². The molecule has 1 aromatic rings. The van der Waals surface area contributed by atoms with Crippen molar-refractivity contribution < 1.29 is 19.0 Å². The number of halogens is 1. The lowest BCUT2D eigenvalue weighted by Gasteiger charge is -2.30. The molecule has 0 aromatic heterocycles. The van der Waals surface area contributed by atoms with E-state index in [4.69, 9.17) is 25.8 Å². The monoisotopic (exact) mass is 312 g/mol. The van der Waals surface area contributed by atoms with Gasteiger partial charge in [0.15, 0.2) is 11.4 Å². The van der Waals surface area contributed by atoms with Crippen molar-refractivity contribution >= 4 is 17.6 Å². The van der Waals surface area contributed by atoms with Crippen LogP contribution in [-0.4, -0.2) is 30.0 Å². The van der Waals surface area contributed by atoms with Gasteiger partial charge in [0.1, 0.15) is 0 Å². The predicted octanol–water partition coefficient (Wildman–Crippen LogP) is 3.27. The number of ether oxygens (including phenoxy) is 3. The number of hydrogen-bond donors (Lipinski definition) is 0. The van der Waals surface area contributed by atoms with Gasteiger partial charge < -0.3 is 14.2 Å². The van der Waals surface area contributed by atoms with Gasteiger partial charge in [0.25, 0.3) is 0 Å². The first-order valence-electron chi connectivity index (χ1n) is 7.16. The van der Waals surface area contributed by atoms with Gasteiger partial charge in [-0.1, -0.05) is 55.8 Å². The van der Waals surface area contributed by atoms with Crippen LogP contribution < -0.4 is 0 Å². The van der Waals surface area contributed by atoms with E-state index in [9.17, 15) is 4.79 Å². The zero-order valence-corrected chi connectivity index (χ0v) is 13.4. The summed E-state index contributed by atoms with van der Waals surface area (Å²) in [6.07, 6.45) is 1.54. The third-order valence-electron chi connectivity index (χ3n) is 3.97. The fraction of sp³-hybridized carbons (Fsp3) is 0.562. The van der Waals surface area contributed by atoms with Crippen molar-refractivity contribution in [3.05, 3.63) is 35.9 Å². The lowest BCUT2D eigenvalue weighted by atomic mass is 9.95. The average molecular weight is 313 g/mol. The first kappa shape index (κ1) is 16.3. The Morgan fingerprint density at radius 1 is 1.29 bits per heavy atom. The highest BCUT2D eigenvalue weighted by Crippen LogP contribution is 2.44. The minimum absolute atomic E-state index is 0.316. The summed E-state index contributed by atoms with van der Waals surface area (Å²) >= 11 is 6.35. The molecule has 1 saturated heterocycles. The molecular weight excluding hydrogens is 292 g/mol. The van der Waals surface area contributed by atoms with Crippen molar-refractivity contribution in [3.63, 3.8) is 0 Å². The molecule has 0 saturated carbocycles. The van der Waals surface area contributed by atoms with Crippen molar-refractivity contribution in [3.8, 4) is 0 Å². The Morgan fingerprint density at radius 2 is 1.90 bits per heavy atom. The lowest BCUT2D eigenvalue weighted by molar-refractivity contribution is -0.204. The second-order valence-corrected chi connectivity index (χ2v) is 5.59. The molecule has 2 atom stereocenters. The second kappa shape index (κ2) is 6.34. The Morgan fingerprint density at radius 3 is 2.38 bits per heavy atom. The number of carbonyl (C=O) groups is 1. The summed E-state index contributed by atoms with van der Waals surface area (Å²) in [5.74, 6) is -1.34. The van der Waals surface area contributed by atoms with Crippen molar-refractivity contribution in [1.82, 2.24) is 0 Å². The zero-order chi connectivity index (χ0) is 15.5. The molecule has 1 heterocycles. The molecule has 1 aromatic carbocycles. The first-order valence-corrected chi connectivity index (χ1v) is 7.60. The summed E-state index contributed by atoms with van der Waals surface area (Å²) in [6.45, 7) is 3.89. The van der Waals surface area contributed by atoms with Gasteiger partial charge in [-0.2, -0.15) is 0 Å². The van der Waals surface area contributed by atoms with Gasteiger partial charge in [-0.15, -0.1) is 0 Å². The number of benzene rings is 1. The molecule has 0 aliphatic carbocycles. The Labute approximate surface area is 130 Å². The predicted molar refractivity (Wildman–Crippen MR) is 80.0 cm³/mol. The van der Waals surface area contributed by atoms with Crippen LogP contribution in [0.3, 0.4) is 0 Å². The maximum absolute atomic E-state index is 12.4. The van der Waals surface area contributed by atoms with Crippen molar-refractivity contribution in [2.45, 2.75) is 50.1 Å². The summed E-state index contributed by atoms with van der Waals surface area (Å²) in [7, 11) is 1.33. The number of carbonyl (C=O) groups excluding carboxylic acids is 1. The normalized spacial score (nSPS) is 27.5. The molecule has 116 valence electrons. The Kier molecular flexibility index (Phi) is 4.91. The topological polar surface area (TPSA) is 44.8 Å². The third-order valence-corrected chi connectivity index (χ3v) is 4.41. The van der Waals surface area contributed by atoms with Gasteiger partial charge in [0.2, 0.25) is 5.60 Å². The van der Waals surface area contributed by atoms with Crippen LogP contribution >= 0.6 is 11.6 Å². The van der Waals surface area contributed by atoms with Crippen LogP contribution in [0, 0.1) is 0 Å². The van der Waals surface area contributed by atoms with Crippen LogP contribution in [0.4, 0.5) is 0 Å². The highest BCUT2D eigenvalue weighted by molar-refractivity contribution is 6.22. The first-order chi connectivity index (χ1) is 10.0. The van der Waals surface area contributed by atoms with E-state index in [0.717, 1.165) is 5.56 Å². The molecule has 0 amide bonds. The van der Waals surface area contributed by atoms with Crippen molar-refractivity contribution in [2.75, 3.05) is 7.11 Å². The van der Waals surface area contributed by atoms with Crippen LogP contribution in [0.1, 0.15) is 32.3 Å². The van der Waals surface area contributed by atoms with Crippen LogP contribution in [-0.2, 0) is 25.4 Å². The number of methoxy groups -OCH3 is 1. The molecule has 1 aliphatic rings. The van der Waals surface area contributed by atoms with E-state index in [-0.39, 0.29) is 0 Å². The van der Waals surface area contributed by atoms with Gasteiger partial charge in [-0.3, -0.25) is 0 Å².